The third-order valence-corrected chi connectivity index (χ3v) is 2.42. The smallest absolute Gasteiger partial charge is 0.223 e. The summed E-state index contributed by atoms with van der Waals surface area (Å²) in [6, 6.07) is 0.0957. The molecule has 0 bridgehead atoms. The molecule has 3 nitrogen and oxygen atoms in total. The Morgan fingerprint density at radius 2 is 1.77 bits per heavy atom. The van der Waals surface area contributed by atoms with Crippen LogP contribution >= 0.6 is 0 Å². The fraction of sp³-hybridized carbons (Fsp3) is 0.900. The van der Waals surface area contributed by atoms with Gasteiger partial charge in [-0.3, -0.25) is 4.79 Å². The second-order valence-electron chi connectivity index (χ2n) is 3.43. The summed E-state index contributed by atoms with van der Waals surface area (Å²) in [5.41, 5.74) is 5.69. The van der Waals surface area contributed by atoms with Gasteiger partial charge >= 0.3 is 0 Å². The molecule has 0 aliphatic heterocycles. The summed E-state index contributed by atoms with van der Waals surface area (Å²) in [4.78, 5) is 11.5. The lowest BCUT2D eigenvalue weighted by molar-refractivity contribution is -0.125. The fourth-order valence-electron chi connectivity index (χ4n) is 1.18. The second kappa shape index (κ2) is 6.89. The predicted octanol–water partition coefficient (Wildman–Crippen LogP) is 1.28. The molecule has 0 fully saturated rings. The molecule has 13 heavy (non-hydrogen) atoms. The number of nitrogens with two attached hydrogens (primary N) is 1. The topological polar surface area (TPSA) is 55.1 Å². The Bertz CT molecular complexity index is 144. The van der Waals surface area contributed by atoms with E-state index in [1.165, 1.54) is 0 Å². The van der Waals surface area contributed by atoms with Crippen molar-refractivity contribution in [1.82, 2.24) is 5.32 Å². The minimum absolute atomic E-state index is 0.0957. The number of rotatable bonds is 6. The molecule has 0 heterocycles. The Hall–Kier alpha value is -0.570. The summed E-state index contributed by atoms with van der Waals surface area (Å²) in [7, 11) is 0. The maximum atomic E-state index is 11.5. The summed E-state index contributed by atoms with van der Waals surface area (Å²) in [5, 5.41) is 2.87. The Morgan fingerprint density at radius 1 is 1.23 bits per heavy atom. The molecule has 1 unspecified atom stereocenters. The van der Waals surface area contributed by atoms with E-state index >= 15 is 0 Å². The van der Waals surface area contributed by atoms with Gasteiger partial charge in [0.1, 0.15) is 0 Å². The molecule has 0 saturated heterocycles. The van der Waals surface area contributed by atoms with E-state index in [1.807, 2.05) is 20.8 Å². The predicted molar refractivity (Wildman–Crippen MR) is 55.3 cm³/mol. The highest BCUT2D eigenvalue weighted by atomic mass is 16.1. The highest BCUT2D eigenvalue weighted by Gasteiger charge is 2.13. The highest BCUT2D eigenvalue weighted by molar-refractivity contribution is 5.78. The third kappa shape index (κ3) is 4.88. The maximum Gasteiger partial charge on any atom is 0.223 e. The van der Waals surface area contributed by atoms with Gasteiger partial charge in [0.05, 0.1) is 0 Å². The molecule has 0 aromatic heterocycles. The lowest BCUT2D eigenvalue weighted by Gasteiger charge is -2.15. The lowest BCUT2D eigenvalue weighted by Crippen LogP contribution is -2.39. The van der Waals surface area contributed by atoms with Gasteiger partial charge in [0, 0.05) is 18.5 Å². The first kappa shape index (κ1) is 12.4. The van der Waals surface area contributed by atoms with E-state index < -0.39 is 0 Å². The van der Waals surface area contributed by atoms with E-state index in [0.29, 0.717) is 6.54 Å². The Labute approximate surface area is 81.1 Å². The van der Waals surface area contributed by atoms with Gasteiger partial charge in [-0.1, -0.05) is 20.8 Å². The lowest BCUT2D eigenvalue weighted by atomic mass is 10.0. The number of carbonyl (C=O) groups excluding carboxylic acids is 1. The first-order chi connectivity index (χ1) is 6.15. The molecule has 3 heteroatoms. The van der Waals surface area contributed by atoms with Crippen LogP contribution in [0.15, 0.2) is 0 Å². The molecule has 0 aliphatic rings. The summed E-state index contributed by atoms with van der Waals surface area (Å²) >= 11 is 0. The van der Waals surface area contributed by atoms with E-state index in [1.54, 1.807) is 0 Å². The summed E-state index contributed by atoms with van der Waals surface area (Å²) in [5.74, 6) is 0.304. The molecule has 0 rings (SSSR count). The monoisotopic (exact) mass is 186 g/mol. The average molecular weight is 186 g/mol. The largest absolute Gasteiger partial charge is 0.354 e. The van der Waals surface area contributed by atoms with E-state index in [2.05, 4.69) is 5.32 Å². The molecule has 78 valence electrons. The highest BCUT2D eigenvalue weighted by Crippen LogP contribution is 2.06. The van der Waals surface area contributed by atoms with Crippen LogP contribution in [0.1, 0.15) is 40.0 Å². The van der Waals surface area contributed by atoms with Crippen molar-refractivity contribution in [3.63, 3.8) is 0 Å². The standard InChI is InChI=1S/C10H22N2O/c1-4-8(5-2)10(13)12-7-9(11)6-3/h8-9H,4-7,11H2,1-3H3,(H,12,13). The van der Waals surface area contributed by atoms with Crippen molar-refractivity contribution in [1.29, 1.82) is 0 Å². The molecule has 3 N–H and O–H groups in total. The Kier molecular flexibility index (Phi) is 6.59. The van der Waals surface area contributed by atoms with E-state index in [4.69, 9.17) is 5.73 Å². The molecule has 1 amide bonds. The van der Waals surface area contributed by atoms with Crippen LogP contribution in [0, 0.1) is 5.92 Å². The van der Waals surface area contributed by atoms with Gasteiger partial charge in [-0.15, -0.1) is 0 Å². The fourth-order valence-corrected chi connectivity index (χ4v) is 1.18. The summed E-state index contributed by atoms with van der Waals surface area (Å²) in [6.07, 6.45) is 2.72. The number of hydrogen-bond donors (Lipinski definition) is 2. The van der Waals surface area contributed by atoms with Crippen molar-refractivity contribution >= 4 is 5.91 Å². The molecule has 0 aromatic rings. The van der Waals surface area contributed by atoms with Crippen molar-refractivity contribution in [2.75, 3.05) is 6.54 Å². The molecular formula is C10H22N2O. The van der Waals surface area contributed by atoms with Crippen LogP contribution in [-0.2, 0) is 4.79 Å². The molecular weight excluding hydrogens is 164 g/mol. The van der Waals surface area contributed by atoms with Crippen LogP contribution in [-0.4, -0.2) is 18.5 Å². The van der Waals surface area contributed by atoms with Gasteiger partial charge in [-0.25, -0.2) is 0 Å². The summed E-state index contributed by atoms with van der Waals surface area (Å²) < 4.78 is 0. The first-order valence-corrected chi connectivity index (χ1v) is 5.18. The van der Waals surface area contributed by atoms with E-state index in [-0.39, 0.29) is 17.9 Å². The SMILES string of the molecule is CCC(N)CNC(=O)C(CC)CC. The second-order valence-corrected chi connectivity index (χ2v) is 3.43. The van der Waals surface area contributed by atoms with Crippen LogP contribution in [0.2, 0.25) is 0 Å². The van der Waals surface area contributed by atoms with Crippen LogP contribution in [0.25, 0.3) is 0 Å². The van der Waals surface area contributed by atoms with Crippen LogP contribution < -0.4 is 11.1 Å². The molecule has 1 atom stereocenters. The molecule has 0 saturated carbocycles. The van der Waals surface area contributed by atoms with Gasteiger partial charge in [0.2, 0.25) is 5.91 Å². The van der Waals surface area contributed by atoms with E-state index in [9.17, 15) is 4.79 Å². The van der Waals surface area contributed by atoms with Crippen molar-refractivity contribution in [2.45, 2.75) is 46.1 Å². The van der Waals surface area contributed by atoms with E-state index in [0.717, 1.165) is 19.3 Å². The zero-order valence-corrected chi connectivity index (χ0v) is 8.97. The molecule has 0 aliphatic carbocycles. The third-order valence-electron chi connectivity index (χ3n) is 2.42. The molecule has 0 radical (unpaired) electrons. The number of hydrogen-bond acceptors (Lipinski definition) is 2. The minimum Gasteiger partial charge on any atom is -0.354 e. The Morgan fingerprint density at radius 3 is 2.15 bits per heavy atom. The van der Waals surface area contributed by atoms with Crippen molar-refractivity contribution in [2.24, 2.45) is 11.7 Å². The van der Waals surface area contributed by atoms with Gasteiger partial charge in [0.25, 0.3) is 0 Å². The Balaban J connectivity index is 3.72. The van der Waals surface area contributed by atoms with Crippen molar-refractivity contribution < 1.29 is 4.79 Å². The first-order valence-electron chi connectivity index (χ1n) is 5.18. The normalized spacial score (nSPS) is 13.0. The van der Waals surface area contributed by atoms with Gasteiger partial charge in [-0.05, 0) is 19.3 Å². The average Bonchev–Trinajstić information content (AvgIpc) is 2.16. The molecule has 0 spiro atoms. The number of carbonyl (C=O) groups is 1. The van der Waals surface area contributed by atoms with Crippen LogP contribution in [0.5, 0.6) is 0 Å². The molecule has 0 aromatic carbocycles. The zero-order valence-electron chi connectivity index (χ0n) is 8.97. The van der Waals surface area contributed by atoms with Crippen molar-refractivity contribution in [3.8, 4) is 0 Å². The van der Waals surface area contributed by atoms with Crippen LogP contribution in [0.4, 0.5) is 0 Å². The summed E-state index contributed by atoms with van der Waals surface area (Å²) in [6.45, 7) is 6.70. The zero-order chi connectivity index (χ0) is 10.3. The van der Waals surface area contributed by atoms with Gasteiger partial charge < -0.3 is 11.1 Å². The maximum absolute atomic E-state index is 11.5. The van der Waals surface area contributed by atoms with Gasteiger partial charge in [-0.2, -0.15) is 0 Å². The van der Waals surface area contributed by atoms with Gasteiger partial charge in [0.15, 0.2) is 0 Å². The quantitative estimate of drug-likeness (QED) is 0.656. The number of nitrogens with one attached hydrogen (secondary N) is 1. The van der Waals surface area contributed by atoms with Crippen LogP contribution in [0.3, 0.4) is 0 Å². The number of amides is 1. The minimum atomic E-state index is 0.0957. The van der Waals surface area contributed by atoms with Crippen molar-refractivity contribution in [3.05, 3.63) is 0 Å².